The van der Waals surface area contributed by atoms with Crippen molar-refractivity contribution in [2.45, 2.75) is 37.8 Å². The van der Waals surface area contributed by atoms with E-state index in [1.807, 2.05) is 37.3 Å². The number of halogens is 3. The molecule has 2 aromatic heterocycles. The number of alkyl halides is 3. The number of fused-ring (bicyclic) bond motifs is 2. The van der Waals surface area contributed by atoms with Crippen LogP contribution in [0.1, 0.15) is 43.0 Å². The molecule has 40 heavy (non-hydrogen) atoms. The minimum Gasteiger partial charge on any atom is -0.478 e. The zero-order valence-corrected chi connectivity index (χ0v) is 22.0. The molecule has 3 aromatic rings. The van der Waals surface area contributed by atoms with Gasteiger partial charge in [0.15, 0.2) is 0 Å². The molecule has 0 aliphatic carbocycles. The Kier molecular flexibility index (Phi) is 7.38. The summed E-state index contributed by atoms with van der Waals surface area (Å²) in [5.74, 6) is 0.566. The summed E-state index contributed by atoms with van der Waals surface area (Å²) < 4.78 is 46.0. The van der Waals surface area contributed by atoms with E-state index in [1.54, 1.807) is 22.1 Å². The number of carbonyl (C=O) groups excluding carboxylic acids is 1. The molecule has 1 fully saturated rings. The molecule has 1 saturated heterocycles. The molecular weight excluding hydrogens is 521 g/mol. The van der Waals surface area contributed by atoms with Crippen LogP contribution in [-0.2, 0) is 16.4 Å². The van der Waals surface area contributed by atoms with E-state index in [4.69, 9.17) is 10.5 Å². The van der Waals surface area contributed by atoms with Crippen LogP contribution >= 0.6 is 0 Å². The highest BCUT2D eigenvalue weighted by molar-refractivity contribution is 5.97. The van der Waals surface area contributed by atoms with Crippen molar-refractivity contribution in [1.29, 1.82) is 5.26 Å². The predicted octanol–water partition coefficient (Wildman–Crippen LogP) is 4.67. The third-order valence-electron chi connectivity index (χ3n) is 7.62. The summed E-state index contributed by atoms with van der Waals surface area (Å²) in [6, 6.07) is 13.7. The van der Waals surface area contributed by atoms with Crippen LogP contribution < -0.4 is 20.3 Å². The van der Waals surface area contributed by atoms with Gasteiger partial charge >= 0.3 is 6.18 Å². The molecule has 208 valence electrons. The Bertz CT molecular complexity index is 1460. The van der Waals surface area contributed by atoms with Crippen LogP contribution in [0, 0.1) is 11.3 Å². The van der Waals surface area contributed by atoms with E-state index in [0.717, 1.165) is 28.4 Å². The van der Waals surface area contributed by atoms with E-state index in [9.17, 15) is 23.2 Å². The van der Waals surface area contributed by atoms with Gasteiger partial charge in [0.25, 0.3) is 0 Å². The molecule has 11 heteroatoms. The highest BCUT2D eigenvalue weighted by Crippen LogP contribution is 2.49. The monoisotopic (exact) mass is 550 g/mol. The van der Waals surface area contributed by atoms with Gasteiger partial charge < -0.3 is 20.3 Å². The molecule has 0 saturated carbocycles. The number of nitriles is 1. The Labute approximate surface area is 230 Å². The van der Waals surface area contributed by atoms with Gasteiger partial charge in [0.05, 0.1) is 18.2 Å². The highest BCUT2D eigenvalue weighted by Gasteiger charge is 2.46. The van der Waals surface area contributed by atoms with Gasteiger partial charge in [-0.3, -0.25) is 4.79 Å². The molecule has 1 aromatic carbocycles. The Hall–Kier alpha value is -4.17. The second kappa shape index (κ2) is 10.8. The lowest BCUT2D eigenvalue weighted by atomic mass is 9.74. The third kappa shape index (κ3) is 5.07. The van der Waals surface area contributed by atoms with Crippen LogP contribution in [0.2, 0.25) is 0 Å². The average molecular weight is 551 g/mol. The third-order valence-corrected chi connectivity index (χ3v) is 7.62. The first-order valence-corrected chi connectivity index (χ1v) is 13.2. The maximum Gasteiger partial charge on any atom is 0.433 e. The van der Waals surface area contributed by atoms with E-state index < -0.39 is 11.9 Å². The highest BCUT2D eigenvalue weighted by atomic mass is 19.4. The van der Waals surface area contributed by atoms with Crippen molar-refractivity contribution >= 4 is 17.4 Å². The SMILES string of the molecule is CCOc1ncccc1-c1ccc2c(c1)N(C(=O)CCN)CC21CCN(c2cc(C#N)cc(C(F)(F)F)n2)CC1. The molecule has 2 N–H and O–H groups in total. The summed E-state index contributed by atoms with van der Waals surface area (Å²) in [4.78, 5) is 24.9. The molecule has 2 aliphatic heterocycles. The van der Waals surface area contributed by atoms with E-state index >= 15 is 0 Å². The van der Waals surface area contributed by atoms with Crippen molar-refractivity contribution in [2.24, 2.45) is 5.73 Å². The Balaban J connectivity index is 1.48. The van der Waals surface area contributed by atoms with Gasteiger partial charge in [0.2, 0.25) is 11.8 Å². The Morgan fingerprint density at radius 1 is 1.20 bits per heavy atom. The second-order valence-corrected chi connectivity index (χ2v) is 10.0. The van der Waals surface area contributed by atoms with Gasteiger partial charge in [-0.25, -0.2) is 9.97 Å². The summed E-state index contributed by atoms with van der Waals surface area (Å²) in [6.07, 6.45) is -1.58. The van der Waals surface area contributed by atoms with Gasteiger partial charge in [0, 0.05) is 55.5 Å². The molecule has 1 spiro atoms. The van der Waals surface area contributed by atoms with E-state index in [1.165, 1.54) is 6.07 Å². The van der Waals surface area contributed by atoms with Crippen LogP contribution in [-0.4, -0.2) is 48.7 Å². The number of piperidine rings is 1. The van der Waals surface area contributed by atoms with Crippen LogP contribution in [0.4, 0.5) is 24.7 Å². The molecular formula is C29H29F3N6O2. The zero-order chi connectivity index (χ0) is 28.5. The topological polar surface area (TPSA) is 108 Å². The predicted molar refractivity (Wildman–Crippen MR) is 144 cm³/mol. The number of benzene rings is 1. The van der Waals surface area contributed by atoms with Crippen LogP contribution in [0.25, 0.3) is 11.1 Å². The summed E-state index contributed by atoms with van der Waals surface area (Å²) in [7, 11) is 0. The maximum absolute atomic E-state index is 13.4. The van der Waals surface area contributed by atoms with Crippen molar-refractivity contribution in [2.75, 3.05) is 42.6 Å². The molecule has 0 radical (unpaired) electrons. The maximum atomic E-state index is 13.4. The number of carbonyl (C=O) groups is 1. The van der Waals surface area contributed by atoms with Crippen LogP contribution in [0.15, 0.2) is 48.7 Å². The molecule has 2 aliphatic rings. The number of nitrogens with two attached hydrogens (primary N) is 1. The summed E-state index contributed by atoms with van der Waals surface area (Å²) >= 11 is 0. The minimum absolute atomic E-state index is 0.0744. The van der Waals surface area contributed by atoms with Crippen LogP contribution in [0.3, 0.4) is 0 Å². The smallest absolute Gasteiger partial charge is 0.433 e. The molecule has 0 unspecified atom stereocenters. The molecule has 8 nitrogen and oxygen atoms in total. The minimum atomic E-state index is -4.65. The number of hydrogen-bond donors (Lipinski definition) is 1. The number of amides is 1. The summed E-state index contributed by atoms with van der Waals surface area (Å²) in [6.45, 7) is 3.90. The average Bonchev–Trinajstić information content (AvgIpc) is 3.26. The first kappa shape index (κ1) is 27.4. The zero-order valence-electron chi connectivity index (χ0n) is 22.0. The van der Waals surface area contributed by atoms with E-state index in [2.05, 4.69) is 9.97 Å². The lowest BCUT2D eigenvalue weighted by Gasteiger charge is -2.40. The Morgan fingerprint density at radius 3 is 2.65 bits per heavy atom. The fourth-order valence-corrected chi connectivity index (χ4v) is 5.67. The number of aromatic nitrogens is 2. The lowest BCUT2D eigenvalue weighted by molar-refractivity contribution is -0.141. The van der Waals surface area contributed by atoms with Crippen molar-refractivity contribution in [1.82, 2.24) is 9.97 Å². The van der Waals surface area contributed by atoms with Crippen molar-refractivity contribution < 1.29 is 22.7 Å². The van der Waals surface area contributed by atoms with Gasteiger partial charge in [-0.05, 0) is 61.2 Å². The van der Waals surface area contributed by atoms with Gasteiger partial charge in [-0.15, -0.1) is 0 Å². The first-order valence-electron chi connectivity index (χ1n) is 13.2. The standard InChI is InChI=1S/C29H29F3N6O2/c1-2-40-27-21(4-3-11-35-27)20-5-6-22-23(16-20)38(26(39)7-10-33)18-28(22)8-12-37(13-9-28)25-15-19(17-34)14-24(36-25)29(30,31)32/h3-6,11,14-16H,2,7-10,12-13,18,33H2,1H3. The first-order chi connectivity index (χ1) is 19.2. The van der Waals surface area contributed by atoms with Crippen molar-refractivity contribution in [3.63, 3.8) is 0 Å². The van der Waals surface area contributed by atoms with Crippen molar-refractivity contribution in [3.8, 4) is 23.1 Å². The second-order valence-electron chi connectivity index (χ2n) is 10.0. The number of rotatable bonds is 6. The molecule has 0 bridgehead atoms. The largest absolute Gasteiger partial charge is 0.478 e. The molecule has 4 heterocycles. The fraction of sp³-hybridized carbons (Fsp3) is 0.379. The lowest BCUT2D eigenvalue weighted by Crippen LogP contribution is -2.46. The van der Waals surface area contributed by atoms with Gasteiger partial charge in [0.1, 0.15) is 11.5 Å². The molecule has 5 rings (SSSR count). The van der Waals surface area contributed by atoms with E-state index in [-0.39, 0.29) is 35.7 Å². The Morgan fingerprint density at radius 2 is 1.98 bits per heavy atom. The fourth-order valence-electron chi connectivity index (χ4n) is 5.67. The molecule has 0 atom stereocenters. The van der Waals surface area contributed by atoms with Gasteiger partial charge in [-0.2, -0.15) is 18.4 Å². The number of nitrogens with zero attached hydrogens (tertiary/aromatic N) is 5. The quantitative estimate of drug-likeness (QED) is 0.475. The normalized spacial score (nSPS) is 16.1. The number of ether oxygens (including phenoxy) is 1. The van der Waals surface area contributed by atoms with Gasteiger partial charge in [-0.1, -0.05) is 12.1 Å². The van der Waals surface area contributed by atoms with Crippen LogP contribution in [0.5, 0.6) is 5.88 Å². The van der Waals surface area contributed by atoms with Crippen molar-refractivity contribution in [3.05, 3.63) is 65.5 Å². The number of hydrogen-bond acceptors (Lipinski definition) is 7. The summed E-state index contributed by atoms with van der Waals surface area (Å²) in [5, 5.41) is 9.28. The number of pyridine rings is 2. The number of anilines is 2. The molecule has 1 amide bonds. The van der Waals surface area contributed by atoms with E-state index in [0.29, 0.717) is 45.0 Å². The summed E-state index contributed by atoms with van der Waals surface area (Å²) in [5.41, 5.74) is 7.70.